The minimum atomic E-state index is -0.295. The molecule has 0 bridgehead atoms. The van der Waals surface area contributed by atoms with Crippen molar-refractivity contribution in [2.45, 2.75) is 33.7 Å². The number of amides is 1. The fraction of sp³-hybridized carbons (Fsp3) is 0.471. The van der Waals surface area contributed by atoms with Crippen LogP contribution >= 0.6 is 0 Å². The number of halogens is 1. The highest BCUT2D eigenvalue weighted by atomic mass is 19.1. The molecule has 0 aliphatic heterocycles. The highest BCUT2D eigenvalue weighted by Crippen LogP contribution is 2.14. The van der Waals surface area contributed by atoms with Gasteiger partial charge in [-0.3, -0.25) is 9.69 Å². The largest absolute Gasteiger partial charge is 0.351 e. The zero-order valence-corrected chi connectivity index (χ0v) is 13.3. The molecule has 0 spiro atoms. The third-order valence-corrected chi connectivity index (χ3v) is 3.46. The van der Waals surface area contributed by atoms with Crippen molar-refractivity contribution in [1.82, 2.24) is 10.2 Å². The summed E-state index contributed by atoms with van der Waals surface area (Å²) in [5, 5.41) is 2.87. The Labute approximate surface area is 126 Å². The predicted octanol–water partition coefficient (Wildman–Crippen LogP) is 3.08. The van der Waals surface area contributed by atoms with Gasteiger partial charge in [0.1, 0.15) is 5.82 Å². The molecular weight excluding hydrogens is 267 g/mol. The van der Waals surface area contributed by atoms with Crippen LogP contribution in [-0.2, 0) is 4.79 Å². The molecule has 1 amide bonds. The monoisotopic (exact) mass is 292 g/mol. The molecule has 0 heterocycles. The number of carbonyl (C=O) groups excluding carboxylic acids is 1. The number of likely N-dealkylation sites (N-methyl/N-ethyl adjacent to an activating group) is 1. The van der Waals surface area contributed by atoms with Crippen molar-refractivity contribution in [2.24, 2.45) is 0 Å². The first kappa shape index (κ1) is 17.4. The van der Waals surface area contributed by atoms with Gasteiger partial charge in [0.25, 0.3) is 0 Å². The molecule has 0 aromatic heterocycles. The predicted molar refractivity (Wildman–Crippen MR) is 85.4 cm³/mol. The summed E-state index contributed by atoms with van der Waals surface area (Å²) >= 11 is 0. The van der Waals surface area contributed by atoms with E-state index in [1.165, 1.54) is 18.2 Å². The van der Waals surface area contributed by atoms with Gasteiger partial charge in [0.15, 0.2) is 0 Å². The summed E-state index contributed by atoms with van der Waals surface area (Å²) in [5.74, 6) is -0.437. The molecule has 0 aliphatic rings. The van der Waals surface area contributed by atoms with Crippen molar-refractivity contribution in [3.8, 4) is 0 Å². The van der Waals surface area contributed by atoms with Gasteiger partial charge in [0, 0.05) is 25.2 Å². The molecule has 0 aliphatic carbocycles. The molecule has 1 N–H and O–H groups in total. The fourth-order valence-electron chi connectivity index (χ4n) is 2.17. The average Bonchev–Trinajstić information content (AvgIpc) is 2.43. The molecule has 1 rings (SSSR count). The number of allylic oxidation sites excluding steroid dienone is 1. The minimum Gasteiger partial charge on any atom is -0.351 e. The van der Waals surface area contributed by atoms with Crippen LogP contribution in [0.3, 0.4) is 0 Å². The third kappa shape index (κ3) is 6.08. The van der Waals surface area contributed by atoms with E-state index in [-0.39, 0.29) is 11.7 Å². The van der Waals surface area contributed by atoms with Crippen LogP contribution in [0, 0.1) is 5.82 Å². The highest BCUT2D eigenvalue weighted by Gasteiger charge is 2.07. The molecule has 0 radical (unpaired) electrons. The first-order valence-corrected chi connectivity index (χ1v) is 7.40. The maximum Gasteiger partial charge on any atom is 0.244 e. The first-order valence-electron chi connectivity index (χ1n) is 7.40. The van der Waals surface area contributed by atoms with Gasteiger partial charge in [0.05, 0.1) is 0 Å². The lowest BCUT2D eigenvalue weighted by Crippen LogP contribution is -2.38. The zero-order chi connectivity index (χ0) is 15.8. The highest BCUT2D eigenvalue weighted by molar-refractivity contribution is 5.94. The normalized spacial score (nSPS) is 12.0. The zero-order valence-electron chi connectivity index (χ0n) is 13.3. The Morgan fingerprint density at radius 3 is 2.71 bits per heavy atom. The van der Waals surface area contributed by atoms with Crippen LogP contribution in [-0.4, -0.2) is 36.5 Å². The summed E-state index contributed by atoms with van der Waals surface area (Å²) in [6.45, 7) is 10.6. The second-order valence-electron chi connectivity index (χ2n) is 5.35. The number of nitrogens with one attached hydrogen (secondary N) is 1. The van der Waals surface area contributed by atoms with E-state index < -0.39 is 0 Å². The van der Waals surface area contributed by atoms with Crippen molar-refractivity contribution in [2.75, 3.05) is 19.6 Å². The summed E-state index contributed by atoms with van der Waals surface area (Å²) in [5.41, 5.74) is 1.48. The van der Waals surface area contributed by atoms with Crippen LogP contribution in [0.15, 0.2) is 30.3 Å². The number of rotatable bonds is 7. The van der Waals surface area contributed by atoms with Crippen LogP contribution in [0.2, 0.25) is 0 Å². The number of hydrogen-bond donors (Lipinski definition) is 1. The second kappa shape index (κ2) is 8.57. The number of carbonyl (C=O) groups is 1. The molecule has 0 fully saturated rings. The number of benzene rings is 1. The van der Waals surface area contributed by atoms with Crippen LogP contribution in [0.5, 0.6) is 0 Å². The Bertz CT molecular complexity index is 497. The lowest BCUT2D eigenvalue weighted by Gasteiger charge is -2.24. The molecule has 0 atom stereocenters. The van der Waals surface area contributed by atoms with Gasteiger partial charge in [-0.25, -0.2) is 4.39 Å². The SMILES string of the molecule is CCN(CCNC(=O)/C=C(/C)c1cccc(F)c1)C(C)C. The molecule has 3 nitrogen and oxygen atoms in total. The minimum absolute atomic E-state index is 0.142. The lowest BCUT2D eigenvalue weighted by atomic mass is 10.1. The quantitative estimate of drug-likeness (QED) is 0.783. The average molecular weight is 292 g/mol. The summed E-state index contributed by atoms with van der Waals surface area (Å²) in [6, 6.07) is 6.72. The summed E-state index contributed by atoms with van der Waals surface area (Å²) in [6.07, 6.45) is 1.51. The Kier molecular flexibility index (Phi) is 7.09. The van der Waals surface area contributed by atoms with Crippen molar-refractivity contribution < 1.29 is 9.18 Å². The lowest BCUT2D eigenvalue weighted by molar-refractivity contribution is -0.116. The second-order valence-corrected chi connectivity index (χ2v) is 5.35. The Morgan fingerprint density at radius 1 is 1.43 bits per heavy atom. The van der Waals surface area contributed by atoms with Gasteiger partial charge >= 0.3 is 0 Å². The summed E-state index contributed by atoms with van der Waals surface area (Å²) < 4.78 is 13.1. The molecule has 1 aromatic carbocycles. The van der Waals surface area contributed by atoms with Gasteiger partial charge < -0.3 is 5.32 Å². The number of hydrogen-bond acceptors (Lipinski definition) is 2. The molecule has 116 valence electrons. The molecular formula is C17H25FN2O. The topological polar surface area (TPSA) is 32.3 Å². The van der Waals surface area contributed by atoms with Gasteiger partial charge in [-0.05, 0) is 50.6 Å². The van der Waals surface area contributed by atoms with Gasteiger partial charge in [0.2, 0.25) is 5.91 Å². The van der Waals surface area contributed by atoms with E-state index in [1.54, 1.807) is 19.1 Å². The van der Waals surface area contributed by atoms with Crippen LogP contribution in [0.4, 0.5) is 4.39 Å². The Hall–Kier alpha value is -1.68. The summed E-state index contributed by atoms with van der Waals surface area (Å²) in [7, 11) is 0. The van der Waals surface area contributed by atoms with Crippen molar-refractivity contribution in [1.29, 1.82) is 0 Å². The standard InChI is InChI=1S/C17H25FN2O/c1-5-20(13(2)3)10-9-19-17(21)11-14(4)15-7-6-8-16(18)12-15/h6-8,11-13H,5,9-10H2,1-4H3,(H,19,21)/b14-11-. The maximum atomic E-state index is 13.1. The molecule has 0 unspecified atom stereocenters. The first-order chi connectivity index (χ1) is 9.93. The Morgan fingerprint density at radius 2 is 2.14 bits per heavy atom. The van der Waals surface area contributed by atoms with Crippen LogP contribution in [0.25, 0.3) is 5.57 Å². The Balaban J connectivity index is 2.51. The van der Waals surface area contributed by atoms with E-state index in [4.69, 9.17) is 0 Å². The molecule has 21 heavy (non-hydrogen) atoms. The van der Waals surface area contributed by atoms with E-state index in [1.807, 2.05) is 0 Å². The van der Waals surface area contributed by atoms with E-state index in [0.29, 0.717) is 12.6 Å². The van der Waals surface area contributed by atoms with Crippen molar-refractivity contribution in [3.05, 3.63) is 41.7 Å². The molecule has 4 heteroatoms. The van der Waals surface area contributed by atoms with Crippen LogP contribution < -0.4 is 5.32 Å². The van der Waals surface area contributed by atoms with E-state index in [2.05, 4.69) is 31.0 Å². The van der Waals surface area contributed by atoms with Crippen molar-refractivity contribution >= 4 is 11.5 Å². The van der Waals surface area contributed by atoms with E-state index in [9.17, 15) is 9.18 Å². The third-order valence-electron chi connectivity index (χ3n) is 3.46. The molecule has 0 saturated carbocycles. The van der Waals surface area contributed by atoms with E-state index >= 15 is 0 Å². The van der Waals surface area contributed by atoms with Gasteiger partial charge in [-0.1, -0.05) is 19.1 Å². The van der Waals surface area contributed by atoms with Crippen LogP contribution in [0.1, 0.15) is 33.3 Å². The molecule has 1 aromatic rings. The number of nitrogens with zero attached hydrogens (tertiary/aromatic N) is 1. The van der Waals surface area contributed by atoms with Gasteiger partial charge in [-0.2, -0.15) is 0 Å². The fourth-order valence-corrected chi connectivity index (χ4v) is 2.17. The summed E-state index contributed by atoms with van der Waals surface area (Å²) in [4.78, 5) is 14.1. The van der Waals surface area contributed by atoms with Crippen molar-refractivity contribution in [3.63, 3.8) is 0 Å². The van der Waals surface area contributed by atoms with Gasteiger partial charge in [-0.15, -0.1) is 0 Å². The smallest absolute Gasteiger partial charge is 0.244 e. The maximum absolute atomic E-state index is 13.1. The van der Waals surface area contributed by atoms with E-state index in [0.717, 1.165) is 24.2 Å². The molecule has 0 saturated heterocycles.